The topological polar surface area (TPSA) is 12.0 Å². The first-order valence-corrected chi connectivity index (χ1v) is 5.62. The number of rotatable bonds is 5. The van der Waals surface area contributed by atoms with E-state index in [0.29, 0.717) is 18.5 Å². The first kappa shape index (κ1) is 12.6. The highest BCUT2D eigenvalue weighted by Gasteiger charge is 2.21. The van der Waals surface area contributed by atoms with Gasteiger partial charge in [0.25, 0.3) is 0 Å². The van der Waals surface area contributed by atoms with E-state index in [9.17, 15) is 8.78 Å². The maximum Gasteiger partial charge on any atom is 0.245 e. The molecule has 0 spiro atoms. The number of nitrogens with one attached hydrogen (secondary N) is 1. The minimum absolute atomic E-state index is 0.449. The van der Waals surface area contributed by atoms with Crippen LogP contribution in [0.2, 0.25) is 0 Å². The predicted octanol–water partition coefficient (Wildman–Crippen LogP) is 3.41. The molecule has 0 heterocycles. The molecule has 4 heteroatoms. The van der Waals surface area contributed by atoms with E-state index in [1.807, 2.05) is 6.07 Å². The van der Waals surface area contributed by atoms with Crippen molar-refractivity contribution in [1.82, 2.24) is 5.32 Å². The molecule has 0 aliphatic carbocycles. The first-order valence-electron chi connectivity index (χ1n) is 4.83. The third-order valence-corrected chi connectivity index (χ3v) is 2.78. The van der Waals surface area contributed by atoms with E-state index in [1.165, 1.54) is 0 Å². The molecule has 84 valence electrons. The van der Waals surface area contributed by atoms with Crippen molar-refractivity contribution >= 4 is 15.9 Å². The molecule has 1 unspecified atom stereocenters. The van der Waals surface area contributed by atoms with Crippen molar-refractivity contribution < 1.29 is 8.78 Å². The average Bonchev–Trinajstić information content (AvgIpc) is 2.18. The largest absolute Gasteiger partial charge is 0.320 e. The van der Waals surface area contributed by atoms with Crippen molar-refractivity contribution in [3.8, 4) is 0 Å². The van der Waals surface area contributed by atoms with Crippen LogP contribution in [-0.4, -0.2) is 20.0 Å². The van der Waals surface area contributed by atoms with Crippen molar-refractivity contribution in [1.29, 1.82) is 0 Å². The number of halogens is 3. The first-order chi connectivity index (χ1) is 7.15. The van der Waals surface area contributed by atoms with Crippen LogP contribution in [0.4, 0.5) is 8.78 Å². The number of hydrogen-bond acceptors (Lipinski definition) is 1. The molecule has 1 atom stereocenters. The molecule has 0 radical (unpaired) electrons. The van der Waals surface area contributed by atoms with Crippen LogP contribution in [0.3, 0.4) is 0 Å². The van der Waals surface area contributed by atoms with Crippen LogP contribution in [0, 0.1) is 0 Å². The lowest BCUT2D eigenvalue weighted by molar-refractivity contribution is 0.110. The molecule has 1 aromatic carbocycles. The minimum atomic E-state index is -2.31. The minimum Gasteiger partial charge on any atom is -0.320 e. The molecule has 1 rings (SSSR count). The summed E-state index contributed by atoms with van der Waals surface area (Å²) in [6.45, 7) is 0.599. The molecular formula is C11H14BrF2N. The summed E-state index contributed by atoms with van der Waals surface area (Å²) in [5.41, 5.74) is 0.689. The van der Waals surface area contributed by atoms with Gasteiger partial charge in [0.15, 0.2) is 0 Å². The summed E-state index contributed by atoms with van der Waals surface area (Å²) in [7, 11) is 1.77. The zero-order chi connectivity index (χ0) is 11.3. The van der Waals surface area contributed by atoms with E-state index in [0.717, 1.165) is 4.47 Å². The fourth-order valence-corrected chi connectivity index (χ4v) is 1.89. The summed E-state index contributed by atoms with van der Waals surface area (Å²) in [6, 6.07) is 7.13. The maximum absolute atomic E-state index is 12.8. The third-order valence-electron chi connectivity index (χ3n) is 2.29. The van der Waals surface area contributed by atoms with E-state index in [4.69, 9.17) is 0 Å². The van der Waals surface area contributed by atoms with Gasteiger partial charge < -0.3 is 5.32 Å². The van der Waals surface area contributed by atoms with Gasteiger partial charge >= 0.3 is 0 Å². The lowest BCUT2D eigenvalue weighted by Crippen LogP contribution is -2.17. The van der Waals surface area contributed by atoms with Gasteiger partial charge in [-0.2, -0.15) is 0 Å². The van der Waals surface area contributed by atoms with Crippen LogP contribution in [0.5, 0.6) is 0 Å². The van der Waals surface area contributed by atoms with Gasteiger partial charge in [-0.3, -0.25) is 0 Å². The Balaban J connectivity index is 2.79. The number of alkyl halides is 2. The van der Waals surface area contributed by atoms with Gasteiger partial charge in [-0.15, -0.1) is 0 Å². The lowest BCUT2D eigenvalue weighted by atomic mass is 9.96. The van der Waals surface area contributed by atoms with E-state index >= 15 is 0 Å². The molecule has 1 aromatic rings. The van der Waals surface area contributed by atoms with Crippen molar-refractivity contribution in [2.24, 2.45) is 0 Å². The second-order valence-electron chi connectivity index (χ2n) is 3.39. The Kier molecular flexibility index (Phi) is 5.19. The highest BCUT2D eigenvalue weighted by Crippen LogP contribution is 2.28. The van der Waals surface area contributed by atoms with Gasteiger partial charge in [-0.25, -0.2) is 8.78 Å². The van der Waals surface area contributed by atoms with Gasteiger partial charge in [0.05, 0.1) is 0 Å². The zero-order valence-electron chi connectivity index (χ0n) is 8.51. The quantitative estimate of drug-likeness (QED) is 0.870. The van der Waals surface area contributed by atoms with Crippen LogP contribution >= 0.6 is 15.9 Å². The van der Waals surface area contributed by atoms with Crippen LogP contribution in [0.15, 0.2) is 28.7 Å². The summed E-state index contributed by atoms with van der Waals surface area (Å²) < 4.78 is 26.4. The van der Waals surface area contributed by atoms with Gasteiger partial charge in [-0.05, 0) is 37.7 Å². The van der Waals surface area contributed by atoms with Crippen molar-refractivity contribution in [3.63, 3.8) is 0 Å². The fourth-order valence-electron chi connectivity index (χ4n) is 1.48. The summed E-state index contributed by atoms with van der Waals surface area (Å²) in [5, 5.41) is 2.89. The Bertz CT molecular complexity index is 304. The second kappa shape index (κ2) is 6.18. The van der Waals surface area contributed by atoms with Crippen molar-refractivity contribution in [3.05, 3.63) is 34.3 Å². The van der Waals surface area contributed by atoms with Crippen molar-refractivity contribution in [2.75, 3.05) is 13.6 Å². The van der Waals surface area contributed by atoms with Crippen LogP contribution in [0.1, 0.15) is 17.9 Å². The van der Waals surface area contributed by atoms with Crippen LogP contribution in [0.25, 0.3) is 0 Å². The van der Waals surface area contributed by atoms with E-state index in [-0.39, 0.29) is 0 Å². The molecule has 0 aliphatic heterocycles. The van der Waals surface area contributed by atoms with Gasteiger partial charge in [0.2, 0.25) is 6.43 Å². The average molecular weight is 278 g/mol. The molecular weight excluding hydrogens is 264 g/mol. The summed E-state index contributed by atoms with van der Waals surface area (Å²) in [4.78, 5) is 0. The molecule has 0 saturated carbocycles. The molecule has 0 saturated heterocycles. The van der Waals surface area contributed by atoms with E-state index in [2.05, 4.69) is 21.2 Å². The highest BCUT2D eigenvalue weighted by atomic mass is 79.9. The molecule has 0 fully saturated rings. The molecule has 1 N–H and O–H groups in total. The third kappa shape index (κ3) is 3.87. The molecule has 0 amide bonds. The normalized spacial score (nSPS) is 13.1. The molecule has 0 aromatic heterocycles. The standard InChI is InChI=1S/C11H14BrF2N/c1-15-6-5-10(11(13)14)8-3-2-4-9(12)7-8/h2-4,7,10-11,15H,5-6H2,1H3. The van der Waals surface area contributed by atoms with Crippen molar-refractivity contribution in [2.45, 2.75) is 18.8 Å². The Labute approximate surface area is 97.0 Å². The second-order valence-corrected chi connectivity index (χ2v) is 4.30. The number of hydrogen-bond donors (Lipinski definition) is 1. The Morgan fingerprint density at radius 3 is 2.67 bits per heavy atom. The Hall–Kier alpha value is -0.480. The molecule has 15 heavy (non-hydrogen) atoms. The van der Waals surface area contributed by atoms with E-state index in [1.54, 1.807) is 25.2 Å². The highest BCUT2D eigenvalue weighted by molar-refractivity contribution is 9.10. The zero-order valence-corrected chi connectivity index (χ0v) is 10.1. The Morgan fingerprint density at radius 2 is 2.13 bits per heavy atom. The molecule has 1 nitrogen and oxygen atoms in total. The number of benzene rings is 1. The monoisotopic (exact) mass is 277 g/mol. The summed E-state index contributed by atoms with van der Waals surface area (Å²) in [6.07, 6.45) is -1.86. The maximum atomic E-state index is 12.8. The van der Waals surface area contributed by atoms with Gasteiger partial charge in [0.1, 0.15) is 0 Å². The van der Waals surface area contributed by atoms with E-state index < -0.39 is 12.3 Å². The lowest BCUT2D eigenvalue weighted by Gasteiger charge is -2.16. The Morgan fingerprint density at radius 1 is 1.40 bits per heavy atom. The summed E-state index contributed by atoms with van der Waals surface area (Å²) >= 11 is 3.29. The predicted molar refractivity (Wildman–Crippen MR) is 61.4 cm³/mol. The SMILES string of the molecule is CNCCC(c1cccc(Br)c1)C(F)F. The smallest absolute Gasteiger partial charge is 0.245 e. The molecule has 0 bridgehead atoms. The van der Waals surface area contributed by atoms with Crippen LogP contribution < -0.4 is 5.32 Å². The van der Waals surface area contributed by atoms with Gasteiger partial charge in [-0.1, -0.05) is 28.1 Å². The molecule has 0 aliphatic rings. The van der Waals surface area contributed by atoms with Crippen LogP contribution in [-0.2, 0) is 0 Å². The fraction of sp³-hybridized carbons (Fsp3) is 0.455. The van der Waals surface area contributed by atoms with Gasteiger partial charge in [0, 0.05) is 10.4 Å². The summed E-state index contributed by atoms with van der Waals surface area (Å²) in [5.74, 6) is -0.685.